The lowest BCUT2D eigenvalue weighted by molar-refractivity contribution is 0.547. The van der Waals surface area contributed by atoms with Crippen LogP contribution in [-0.4, -0.2) is 26.5 Å². The Hall–Kier alpha value is -1.27. The second-order valence-electron chi connectivity index (χ2n) is 4.51. The van der Waals surface area contributed by atoms with Crippen LogP contribution in [0.25, 0.3) is 0 Å². The molecule has 2 aromatic rings. The van der Waals surface area contributed by atoms with Crippen molar-refractivity contribution in [1.29, 1.82) is 0 Å². The normalized spacial score (nSPS) is 12.6. The zero-order chi connectivity index (χ0) is 13.8. The molecule has 2 heterocycles. The SMILES string of the molecule is CCCNC(c1ccncc1C)c1c(Br)nnn1C. The standard InChI is InChI=1S/C13H18BrN5/c1-4-6-16-11(10-5-7-15-8-9(10)2)12-13(14)17-18-19(12)3/h5,7-8,11,16H,4,6H2,1-3H3. The van der Waals surface area contributed by atoms with Gasteiger partial charge >= 0.3 is 0 Å². The molecule has 0 radical (unpaired) electrons. The van der Waals surface area contributed by atoms with Crippen LogP contribution >= 0.6 is 15.9 Å². The summed E-state index contributed by atoms with van der Waals surface area (Å²) in [6.07, 6.45) is 4.78. The van der Waals surface area contributed by atoms with Crippen LogP contribution in [0.3, 0.4) is 0 Å². The van der Waals surface area contributed by atoms with E-state index in [1.54, 1.807) is 4.68 Å². The molecule has 1 N–H and O–H groups in total. The van der Waals surface area contributed by atoms with E-state index in [-0.39, 0.29) is 6.04 Å². The second kappa shape index (κ2) is 6.25. The van der Waals surface area contributed by atoms with Gasteiger partial charge in [-0.05, 0) is 53.0 Å². The van der Waals surface area contributed by atoms with Crippen LogP contribution in [0, 0.1) is 6.92 Å². The van der Waals surface area contributed by atoms with Gasteiger partial charge in [0.25, 0.3) is 0 Å². The van der Waals surface area contributed by atoms with Crippen LogP contribution in [0.5, 0.6) is 0 Å². The lowest BCUT2D eigenvalue weighted by Crippen LogP contribution is -2.26. The van der Waals surface area contributed by atoms with Gasteiger partial charge in [-0.1, -0.05) is 12.1 Å². The molecule has 1 unspecified atom stereocenters. The van der Waals surface area contributed by atoms with Gasteiger partial charge in [0.2, 0.25) is 0 Å². The van der Waals surface area contributed by atoms with E-state index in [1.807, 2.05) is 25.5 Å². The number of hydrogen-bond donors (Lipinski definition) is 1. The van der Waals surface area contributed by atoms with Crippen LogP contribution in [0.15, 0.2) is 23.1 Å². The van der Waals surface area contributed by atoms with Crippen molar-refractivity contribution in [2.75, 3.05) is 6.54 Å². The van der Waals surface area contributed by atoms with Gasteiger partial charge in [-0.3, -0.25) is 4.98 Å². The number of nitrogens with one attached hydrogen (secondary N) is 1. The van der Waals surface area contributed by atoms with Crippen molar-refractivity contribution in [2.45, 2.75) is 26.3 Å². The molecule has 2 rings (SSSR count). The quantitative estimate of drug-likeness (QED) is 0.917. The summed E-state index contributed by atoms with van der Waals surface area (Å²) >= 11 is 3.48. The number of hydrogen-bond acceptors (Lipinski definition) is 4. The molecule has 0 spiro atoms. The molecule has 0 amide bonds. The third kappa shape index (κ3) is 3.01. The summed E-state index contributed by atoms with van der Waals surface area (Å²) in [5.74, 6) is 0. The van der Waals surface area contributed by atoms with Crippen molar-refractivity contribution < 1.29 is 0 Å². The minimum absolute atomic E-state index is 0.0670. The molecule has 0 aliphatic carbocycles. The first-order valence-electron chi connectivity index (χ1n) is 6.34. The Kier molecular flexibility index (Phi) is 4.66. The van der Waals surface area contributed by atoms with E-state index >= 15 is 0 Å². The summed E-state index contributed by atoms with van der Waals surface area (Å²) in [4.78, 5) is 4.16. The van der Waals surface area contributed by atoms with Crippen LogP contribution in [0.4, 0.5) is 0 Å². The molecule has 0 aromatic carbocycles. The van der Waals surface area contributed by atoms with Gasteiger partial charge in [-0.2, -0.15) is 0 Å². The Morgan fingerprint density at radius 2 is 2.26 bits per heavy atom. The van der Waals surface area contributed by atoms with Crippen LogP contribution < -0.4 is 5.32 Å². The number of halogens is 1. The molecule has 0 saturated carbocycles. The molecule has 0 aliphatic heterocycles. The van der Waals surface area contributed by atoms with Gasteiger partial charge in [0.15, 0.2) is 4.60 Å². The summed E-state index contributed by atoms with van der Waals surface area (Å²) < 4.78 is 2.58. The Bertz CT molecular complexity index is 532. The molecule has 0 aliphatic rings. The highest BCUT2D eigenvalue weighted by atomic mass is 79.9. The van der Waals surface area contributed by atoms with Gasteiger partial charge in [-0.25, -0.2) is 4.68 Å². The fourth-order valence-corrected chi connectivity index (χ4v) is 2.65. The van der Waals surface area contributed by atoms with Crippen molar-refractivity contribution in [3.8, 4) is 0 Å². The highest BCUT2D eigenvalue weighted by molar-refractivity contribution is 9.10. The van der Waals surface area contributed by atoms with Gasteiger partial charge in [0.05, 0.1) is 11.7 Å². The maximum absolute atomic E-state index is 4.16. The van der Waals surface area contributed by atoms with Gasteiger partial charge in [0.1, 0.15) is 0 Å². The molecule has 0 fully saturated rings. The number of pyridine rings is 1. The van der Waals surface area contributed by atoms with Crippen molar-refractivity contribution in [2.24, 2.45) is 7.05 Å². The van der Waals surface area contributed by atoms with E-state index in [2.05, 4.69) is 50.4 Å². The van der Waals surface area contributed by atoms with Crippen molar-refractivity contribution in [1.82, 2.24) is 25.3 Å². The first-order valence-corrected chi connectivity index (χ1v) is 7.13. The Balaban J connectivity index is 2.45. The largest absolute Gasteiger partial charge is 0.305 e. The third-order valence-electron chi connectivity index (χ3n) is 3.07. The van der Waals surface area contributed by atoms with E-state index in [9.17, 15) is 0 Å². The summed E-state index contributed by atoms with van der Waals surface area (Å²) in [5.41, 5.74) is 3.39. The number of aromatic nitrogens is 4. The summed E-state index contributed by atoms with van der Waals surface area (Å²) in [6, 6.07) is 2.11. The second-order valence-corrected chi connectivity index (χ2v) is 5.26. The fraction of sp³-hybridized carbons (Fsp3) is 0.462. The number of aryl methyl sites for hydroxylation is 2. The first-order chi connectivity index (χ1) is 9.15. The zero-order valence-corrected chi connectivity index (χ0v) is 13.0. The summed E-state index contributed by atoms with van der Waals surface area (Å²) in [5, 5.41) is 11.7. The monoisotopic (exact) mass is 323 g/mol. The van der Waals surface area contributed by atoms with E-state index in [0.717, 1.165) is 28.8 Å². The predicted molar refractivity (Wildman–Crippen MR) is 77.8 cm³/mol. The van der Waals surface area contributed by atoms with E-state index in [1.165, 1.54) is 5.56 Å². The molecule has 6 heteroatoms. The average Bonchev–Trinajstić information content (AvgIpc) is 2.73. The smallest absolute Gasteiger partial charge is 0.153 e. The Labute approximate surface area is 121 Å². The molecule has 5 nitrogen and oxygen atoms in total. The van der Waals surface area contributed by atoms with Crippen LogP contribution in [-0.2, 0) is 7.05 Å². The van der Waals surface area contributed by atoms with Crippen molar-refractivity contribution >= 4 is 15.9 Å². The fourth-order valence-electron chi connectivity index (χ4n) is 2.10. The highest BCUT2D eigenvalue weighted by Crippen LogP contribution is 2.28. The third-order valence-corrected chi connectivity index (χ3v) is 3.64. The number of nitrogens with zero attached hydrogens (tertiary/aromatic N) is 4. The molecular formula is C13H18BrN5. The predicted octanol–water partition coefficient (Wildman–Crippen LogP) is 2.37. The van der Waals surface area contributed by atoms with Crippen molar-refractivity contribution in [3.63, 3.8) is 0 Å². The lowest BCUT2D eigenvalue weighted by Gasteiger charge is -2.20. The summed E-state index contributed by atoms with van der Waals surface area (Å²) in [6.45, 7) is 5.16. The van der Waals surface area contributed by atoms with Crippen LogP contribution in [0.1, 0.15) is 36.2 Å². The maximum Gasteiger partial charge on any atom is 0.153 e. The summed E-state index contributed by atoms with van der Waals surface area (Å²) in [7, 11) is 1.91. The molecule has 0 bridgehead atoms. The molecular weight excluding hydrogens is 306 g/mol. The minimum Gasteiger partial charge on any atom is -0.305 e. The molecule has 19 heavy (non-hydrogen) atoms. The van der Waals surface area contributed by atoms with Crippen LogP contribution in [0.2, 0.25) is 0 Å². The average molecular weight is 324 g/mol. The topological polar surface area (TPSA) is 55.6 Å². The van der Waals surface area contributed by atoms with Gasteiger partial charge < -0.3 is 5.32 Å². The lowest BCUT2D eigenvalue weighted by atomic mass is 10.0. The first kappa shape index (κ1) is 14.1. The minimum atomic E-state index is 0.0670. The zero-order valence-electron chi connectivity index (χ0n) is 11.4. The Morgan fingerprint density at radius 3 is 2.84 bits per heavy atom. The van der Waals surface area contributed by atoms with E-state index < -0.39 is 0 Å². The van der Waals surface area contributed by atoms with E-state index in [4.69, 9.17) is 0 Å². The Morgan fingerprint density at radius 1 is 1.47 bits per heavy atom. The van der Waals surface area contributed by atoms with Gasteiger partial charge in [0, 0.05) is 19.4 Å². The van der Waals surface area contributed by atoms with E-state index in [0.29, 0.717) is 0 Å². The van der Waals surface area contributed by atoms with Crippen molar-refractivity contribution in [3.05, 3.63) is 39.9 Å². The maximum atomic E-state index is 4.16. The number of rotatable bonds is 5. The molecule has 102 valence electrons. The molecule has 0 saturated heterocycles. The molecule has 1 atom stereocenters. The van der Waals surface area contributed by atoms with Gasteiger partial charge in [-0.15, -0.1) is 5.10 Å². The highest BCUT2D eigenvalue weighted by Gasteiger charge is 2.22. The molecule has 2 aromatic heterocycles.